The van der Waals surface area contributed by atoms with Gasteiger partial charge in [-0.3, -0.25) is 32.8 Å². The number of carbonyl (C=O) groups excluding carboxylic acids is 6. The molecule has 1 aliphatic carbocycles. The number of alkyl halides is 2. The number of carbonyl (C=O) groups is 6. The number of hydrogen-bond acceptors (Lipinski definition) is 15. The molecule has 1 saturated carbocycles. The molecule has 22 heteroatoms. The van der Waals surface area contributed by atoms with E-state index in [9.17, 15) is 33.3 Å². The van der Waals surface area contributed by atoms with E-state index in [1.807, 2.05) is 0 Å². The van der Waals surface area contributed by atoms with Gasteiger partial charge in [0.05, 0.1) is 24.0 Å². The zero-order valence-electron chi connectivity index (χ0n) is 36.6. The summed E-state index contributed by atoms with van der Waals surface area (Å²) < 4.78 is 81.5. The normalized spacial score (nSPS) is 24.2. The second-order valence-electron chi connectivity index (χ2n) is 18.7. The summed E-state index contributed by atoms with van der Waals surface area (Å²) in [6.07, 6.45) is 0.578. The molecular weight excluding hydrogens is 886 g/mol. The van der Waals surface area contributed by atoms with Gasteiger partial charge < -0.3 is 43.7 Å². The summed E-state index contributed by atoms with van der Waals surface area (Å²) in [7, 11) is -5.69. The highest BCUT2D eigenvalue weighted by atomic mass is 32.1. The highest BCUT2D eigenvalue weighted by Gasteiger charge is 2.56. The van der Waals surface area contributed by atoms with Crippen molar-refractivity contribution in [2.75, 3.05) is 53.0 Å². The van der Waals surface area contributed by atoms with Crippen LogP contribution in [-0.4, -0.2) is 133 Å². The molecule has 0 spiro atoms. The fraction of sp³-hybridized carbons (Fsp3) is 0.667. The lowest BCUT2D eigenvalue weighted by molar-refractivity contribution is -0.156. The Labute approximate surface area is 373 Å². The van der Waals surface area contributed by atoms with Gasteiger partial charge in [0.2, 0.25) is 31.3 Å². The quantitative estimate of drug-likeness (QED) is 0.143. The Hall–Kier alpha value is -4.43. The van der Waals surface area contributed by atoms with Crippen molar-refractivity contribution in [3.8, 4) is 0 Å². The highest BCUT2D eigenvalue weighted by Crippen LogP contribution is 2.67. The van der Waals surface area contributed by atoms with Crippen LogP contribution in [-0.2, 0) is 57.3 Å². The number of nitrogens with one attached hydrogen (secondary N) is 1. The number of rotatable bonds is 12. The summed E-state index contributed by atoms with van der Waals surface area (Å²) in [6.45, 7) is 9.18. The van der Waals surface area contributed by atoms with E-state index in [4.69, 9.17) is 32.7 Å². The van der Waals surface area contributed by atoms with E-state index in [1.165, 1.54) is 53.7 Å². The number of morpholine rings is 1. The smallest absolute Gasteiger partial charge is 0.429 e. The first-order valence-electron chi connectivity index (χ1n) is 21.3. The molecule has 5 aliphatic rings. The minimum Gasteiger partial charge on any atom is -0.429 e. The Bertz CT molecular complexity index is 2140. The first kappa shape index (κ1) is 47.5. The molecule has 0 radical (unpaired) electrons. The van der Waals surface area contributed by atoms with Gasteiger partial charge in [0, 0.05) is 42.5 Å². The molecule has 64 heavy (non-hydrogen) atoms. The van der Waals surface area contributed by atoms with Crippen molar-refractivity contribution in [3.05, 3.63) is 34.7 Å². The fourth-order valence-corrected chi connectivity index (χ4v) is 10.7. The second-order valence-corrected chi connectivity index (χ2v) is 21.9. The number of nitrogens with zero attached hydrogens (tertiary/aromatic N) is 3. The largest absolute Gasteiger partial charge is 0.510 e. The van der Waals surface area contributed by atoms with Crippen LogP contribution in [0, 0.1) is 17.8 Å². The molecule has 0 bridgehead atoms. The first-order valence-corrected chi connectivity index (χ1v) is 23.7. The van der Waals surface area contributed by atoms with E-state index in [0.717, 1.165) is 36.3 Å². The maximum absolute atomic E-state index is 16.3. The van der Waals surface area contributed by atoms with Crippen molar-refractivity contribution in [3.63, 3.8) is 0 Å². The van der Waals surface area contributed by atoms with Crippen molar-refractivity contribution in [2.45, 2.75) is 109 Å². The zero-order chi connectivity index (χ0) is 46.4. The van der Waals surface area contributed by atoms with E-state index in [1.54, 1.807) is 14.7 Å². The number of benzene rings is 1. The molecule has 0 unspecified atom stereocenters. The molecule has 4 aliphatic heterocycles. The van der Waals surface area contributed by atoms with E-state index in [-0.39, 0.29) is 59.0 Å². The number of fused-ring (bicyclic) bond motifs is 3. The minimum atomic E-state index is -5.69. The maximum Gasteiger partial charge on any atom is 0.510 e. The van der Waals surface area contributed by atoms with E-state index < -0.39 is 73.9 Å². The molecule has 2 aromatic rings. The molecule has 5 atom stereocenters. The summed E-state index contributed by atoms with van der Waals surface area (Å²) in [5.74, 6) is -0.895. The monoisotopic (exact) mass is 940 g/mol. The van der Waals surface area contributed by atoms with Gasteiger partial charge in [-0.05, 0) is 109 Å². The van der Waals surface area contributed by atoms with Crippen LogP contribution in [0.1, 0.15) is 88.9 Å². The summed E-state index contributed by atoms with van der Waals surface area (Å²) in [6, 6.07) is 2.77. The molecule has 7 rings (SSSR count). The third-order valence-corrected chi connectivity index (χ3v) is 14.7. The lowest BCUT2D eigenvalue weighted by atomic mass is 9.96. The van der Waals surface area contributed by atoms with Crippen LogP contribution in [0.3, 0.4) is 0 Å². The highest BCUT2D eigenvalue weighted by molar-refractivity contribution is 7.54. The lowest BCUT2D eigenvalue weighted by Crippen LogP contribution is -2.62. The third kappa shape index (κ3) is 10.8. The Kier molecular flexibility index (Phi) is 13.7. The summed E-state index contributed by atoms with van der Waals surface area (Å²) in [4.78, 5) is 84.5. The Morgan fingerprint density at radius 1 is 0.828 bits per heavy atom. The van der Waals surface area contributed by atoms with Crippen molar-refractivity contribution in [2.24, 2.45) is 17.8 Å². The molecule has 5 fully saturated rings. The van der Waals surface area contributed by atoms with E-state index in [2.05, 4.69) is 5.32 Å². The van der Waals surface area contributed by atoms with Crippen LogP contribution in [0.25, 0.3) is 10.1 Å². The van der Waals surface area contributed by atoms with Gasteiger partial charge in [0.25, 0.3) is 5.91 Å². The molecule has 5 heterocycles. The second kappa shape index (κ2) is 18.5. The molecular formula is C42H55F2N4O14PS. The third-order valence-electron chi connectivity index (χ3n) is 11.7. The van der Waals surface area contributed by atoms with Gasteiger partial charge in [-0.2, -0.15) is 8.78 Å². The predicted molar refractivity (Wildman–Crippen MR) is 223 cm³/mol. The summed E-state index contributed by atoms with van der Waals surface area (Å²) in [5.41, 5.74) is -7.33. The Morgan fingerprint density at radius 3 is 2.05 bits per heavy atom. The van der Waals surface area contributed by atoms with Crippen molar-refractivity contribution < 1.29 is 74.8 Å². The predicted octanol–water partition coefficient (Wildman–Crippen LogP) is 6.20. The van der Waals surface area contributed by atoms with Crippen LogP contribution in [0.2, 0.25) is 0 Å². The zero-order valence-corrected chi connectivity index (χ0v) is 38.3. The van der Waals surface area contributed by atoms with Crippen LogP contribution in [0.15, 0.2) is 24.3 Å². The average molecular weight is 941 g/mol. The number of thiophene rings is 1. The number of amides is 4. The van der Waals surface area contributed by atoms with Gasteiger partial charge >= 0.3 is 25.6 Å². The standard InChI is InChI=1S/C42H55F2N4O14PS/c1-40(2,3)61-38(53)57-22-59-63(55,60-23-58-39(54)62-41(4,5)6)42(43,44)28-7-10-32-26(16-28)19-33(64-32)34(49)45-30-18-25-15-24(25)17-29-8-9-31(48(29)36(30)51)37(52)47-20-27(21-47)35(50)46-11-13-56-14-12-46/h7,10,16,19,24-25,27,29-31H,8-9,11-15,17-18,20-23H2,1-6H3,(H,45,49)/t24-,25+,29-,30+,31+/m1/s1. The van der Waals surface area contributed by atoms with Gasteiger partial charge in [0.1, 0.15) is 23.3 Å². The van der Waals surface area contributed by atoms with Gasteiger partial charge in [-0.1, -0.05) is 6.07 Å². The van der Waals surface area contributed by atoms with Crippen LogP contribution in [0.4, 0.5) is 18.4 Å². The molecule has 1 aromatic carbocycles. The van der Waals surface area contributed by atoms with Gasteiger partial charge in [-0.25, -0.2) is 9.59 Å². The Balaban J connectivity index is 1.03. The molecule has 1 N–H and O–H groups in total. The van der Waals surface area contributed by atoms with Crippen LogP contribution < -0.4 is 5.32 Å². The van der Waals surface area contributed by atoms with Gasteiger partial charge in [-0.15, -0.1) is 11.3 Å². The molecule has 1 aromatic heterocycles. The van der Waals surface area contributed by atoms with Crippen molar-refractivity contribution in [1.29, 1.82) is 0 Å². The lowest BCUT2D eigenvalue weighted by Gasteiger charge is -2.44. The molecule has 4 amide bonds. The summed E-state index contributed by atoms with van der Waals surface area (Å²) >= 11 is 0.983. The minimum absolute atomic E-state index is 0.000208. The molecule has 352 valence electrons. The average Bonchev–Trinajstić information content (AvgIpc) is 3.54. The van der Waals surface area contributed by atoms with Gasteiger partial charge in [0.15, 0.2) is 0 Å². The van der Waals surface area contributed by atoms with Crippen LogP contribution >= 0.6 is 18.9 Å². The Morgan fingerprint density at radius 2 is 1.44 bits per heavy atom. The number of likely N-dealkylation sites (tertiary alicyclic amines) is 1. The van der Waals surface area contributed by atoms with Crippen molar-refractivity contribution in [1.82, 2.24) is 20.0 Å². The SMILES string of the molecule is CC(C)(C)OC(=O)OCOP(=O)(OCOC(=O)OC(C)(C)C)C(F)(F)c1ccc2sc(C(=O)N[C@H]3C[C@@H]4C[C@@H]4C[C@H]4CC[C@@H](C(=O)N5CC(C(=O)N6CCOCC6)C5)N4C3=O)cc2c1. The molecule has 4 saturated heterocycles. The first-order chi connectivity index (χ1) is 30.0. The van der Waals surface area contributed by atoms with Crippen LogP contribution in [0.5, 0.6) is 0 Å². The van der Waals surface area contributed by atoms with E-state index >= 15 is 8.78 Å². The number of hydrogen-bond donors (Lipinski definition) is 1. The number of ether oxygens (including phenoxy) is 5. The van der Waals surface area contributed by atoms with E-state index in [0.29, 0.717) is 56.2 Å². The summed E-state index contributed by atoms with van der Waals surface area (Å²) in [5, 5.41) is 3.04. The maximum atomic E-state index is 16.3. The fourth-order valence-electron chi connectivity index (χ4n) is 8.47. The topological polar surface area (TPSA) is 206 Å². The van der Waals surface area contributed by atoms with Crippen molar-refractivity contribution >= 4 is 65.0 Å². The number of halogens is 2. The molecule has 18 nitrogen and oxygen atoms in total.